The summed E-state index contributed by atoms with van der Waals surface area (Å²) in [5.74, 6) is -0.640. The molecule has 9 heteroatoms. The van der Waals surface area contributed by atoms with Crippen molar-refractivity contribution >= 4 is 22.4 Å². The monoisotopic (exact) mass is 370 g/mol. The zero-order chi connectivity index (χ0) is 16.8. The minimum absolute atomic E-state index is 0. The topological polar surface area (TPSA) is 90.7 Å². The summed E-state index contributed by atoms with van der Waals surface area (Å²) in [5.41, 5.74) is 5.57. The predicted octanol–water partition coefficient (Wildman–Crippen LogP) is 2.06. The van der Waals surface area contributed by atoms with Gasteiger partial charge in [-0.15, -0.1) is 12.4 Å². The van der Waals surface area contributed by atoms with E-state index in [0.29, 0.717) is 6.42 Å². The maximum absolute atomic E-state index is 14.1. The Hall–Kier alpha value is -1.09. The number of halogens is 2. The molecule has 6 nitrogen and oxygen atoms in total. The Balaban J connectivity index is 0.00000484. The van der Waals surface area contributed by atoms with Crippen molar-refractivity contribution in [3.63, 3.8) is 0 Å². The number of methoxy groups -OCH3 is 2. The number of ether oxygens (including phenoxy) is 2. The Labute approximate surface area is 143 Å². The Morgan fingerprint density at radius 3 is 2.30 bits per heavy atom. The zero-order valence-corrected chi connectivity index (χ0v) is 15.1. The summed E-state index contributed by atoms with van der Waals surface area (Å²) in [6.07, 6.45) is 2.35. The highest BCUT2D eigenvalue weighted by molar-refractivity contribution is 7.89. The fraction of sp³-hybridized carbons (Fsp3) is 0.571. The average molecular weight is 371 g/mol. The van der Waals surface area contributed by atoms with Crippen LogP contribution in [0.1, 0.15) is 26.2 Å². The van der Waals surface area contributed by atoms with Crippen molar-refractivity contribution in [1.29, 1.82) is 0 Å². The van der Waals surface area contributed by atoms with E-state index in [2.05, 4.69) is 4.72 Å². The van der Waals surface area contributed by atoms with Crippen LogP contribution in [-0.4, -0.2) is 35.2 Å². The molecule has 0 aliphatic heterocycles. The first-order chi connectivity index (χ1) is 10.4. The lowest BCUT2D eigenvalue weighted by molar-refractivity contribution is 0.350. The molecule has 0 aromatic heterocycles. The minimum Gasteiger partial charge on any atom is -0.493 e. The number of rotatable bonds is 9. The third-order valence-corrected chi connectivity index (χ3v) is 4.78. The van der Waals surface area contributed by atoms with Crippen LogP contribution < -0.4 is 19.9 Å². The minimum atomic E-state index is -4.03. The number of nitrogens with two attached hydrogens (primary N) is 1. The summed E-state index contributed by atoms with van der Waals surface area (Å²) in [7, 11) is -1.33. The Morgan fingerprint density at radius 1 is 1.26 bits per heavy atom. The SMILES string of the molecule is CCCCC(CN)NS(=O)(=O)c1cc(OC)c(OC)cc1F.Cl. The van der Waals surface area contributed by atoms with Crippen molar-refractivity contribution in [1.82, 2.24) is 4.72 Å². The third kappa shape index (κ3) is 5.80. The highest BCUT2D eigenvalue weighted by Crippen LogP contribution is 2.31. The standard InChI is InChI=1S/C14H23FN2O4S.ClH/c1-4-5-6-10(9-16)17-22(18,19)14-8-13(21-3)12(20-2)7-11(14)15;/h7-8,10,17H,4-6,9,16H2,1-3H3;1H. The van der Waals surface area contributed by atoms with Gasteiger partial charge in [0.05, 0.1) is 14.2 Å². The van der Waals surface area contributed by atoms with Gasteiger partial charge in [-0.05, 0) is 6.42 Å². The Bertz CT molecular complexity index is 599. The molecular formula is C14H24ClFN2O4S. The van der Waals surface area contributed by atoms with Crippen LogP contribution >= 0.6 is 12.4 Å². The molecule has 0 amide bonds. The van der Waals surface area contributed by atoms with Crippen LogP contribution in [-0.2, 0) is 10.0 Å². The molecule has 1 aromatic carbocycles. The molecule has 1 atom stereocenters. The summed E-state index contributed by atoms with van der Waals surface area (Å²) in [6, 6.07) is 1.65. The van der Waals surface area contributed by atoms with Gasteiger partial charge >= 0.3 is 0 Å². The summed E-state index contributed by atoms with van der Waals surface area (Å²) in [6.45, 7) is 2.14. The zero-order valence-electron chi connectivity index (χ0n) is 13.5. The molecule has 134 valence electrons. The van der Waals surface area contributed by atoms with E-state index in [1.807, 2.05) is 6.92 Å². The second-order valence-electron chi connectivity index (χ2n) is 4.83. The lowest BCUT2D eigenvalue weighted by Crippen LogP contribution is -2.40. The number of benzene rings is 1. The Morgan fingerprint density at radius 2 is 1.83 bits per heavy atom. The van der Waals surface area contributed by atoms with Gasteiger partial charge in [0.25, 0.3) is 0 Å². The second kappa shape index (κ2) is 9.92. The molecule has 1 aromatic rings. The van der Waals surface area contributed by atoms with Gasteiger partial charge in [-0.25, -0.2) is 17.5 Å². The average Bonchev–Trinajstić information content (AvgIpc) is 2.50. The van der Waals surface area contributed by atoms with E-state index in [4.69, 9.17) is 15.2 Å². The molecule has 0 saturated carbocycles. The van der Waals surface area contributed by atoms with E-state index in [9.17, 15) is 12.8 Å². The van der Waals surface area contributed by atoms with Gasteiger partial charge in [0.15, 0.2) is 11.5 Å². The van der Waals surface area contributed by atoms with Crippen molar-refractivity contribution in [2.24, 2.45) is 5.73 Å². The van der Waals surface area contributed by atoms with Crippen LogP contribution in [0, 0.1) is 5.82 Å². The molecule has 1 unspecified atom stereocenters. The van der Waals surface area contributed by atoms with Crippen molar-refractivity contribution < 1.29 is 22.3 Å². The molecular weight excluding hydrogens is 347 g/mol. The summed E-state index contributed by atoms with van der Waals surface area (Å²) < 4.78 is 51.2. The van der Waals surface area contributed by atoms with Crippen LogP contribution in [0.25, 0.3) is 0 Å². The van der Waals surface area contributed by atoms with Crippen LogP contribution in [0.4, 0.5) is 4.39 Å². The van der Waals surface area contributed by atoms with Gasteiger partial charge in [-0.2, -0.15) is 0 Å². The summed E-state index contributed by atoms with van der Waals surface area (Å²) in [5, 5.41) is 0. The van der Waals surface area contributed by atoms with Crippen LogP contribution in [0.3, 0.4) is 0 Å². The maximum Gasteiger partial charge on any atom is 0.243 e. The van der Waals surface area contributed by atoms with E-state index >= 15 is 0 Å². The lowest BCUT2D eigenvalue weighted by atomic mass is 10.1. The largest absolute Gasteiger partial charge is 0.493 e. The third-order valence-electron chi connectivity index (χ3n) is 3.24. The van der Waals surface area contributed by atoms with E-state index in [1.165, 1.54) is 14.2 Å². The number of nitrogens with one attached hydrogen (secondary N) is 1. The highest BCUT2D eigenvalue weighted by Gasteiger charge is 2.25. The first kappa shape index (κ1) is 21.9. The first-order valence-corrected chi connectivity index (χ1v) is 8.51. The highest BCUT2D eigenvalue weighted by atomic mass is 35.5. The maximum atomic E-state index is 14.1. The Kier molecular flexibility index (Phi) is 9.45. The van der Waals surface area contributed by atoms with Gasteiger partial charge in [0.1, 0.15) is 10.7 Å². The predicted molar refractivity (Wildman–Crippen MR) is 89.4 cm³/mol. The normalized spacial score (nSPS) is 12.4. The van der Waals surface area contributed by atoms with Crippen LogP contribution in [0.5, 0.6) is 11.5 Å². The molecule has 3 N–H and O–H groups in total. The van der Waals surface area contributed by atoms with Gasteiger partial charge in [0, 0.05) is 24.7 Å². The molecule has 0 aliphatic rings. The first-order valence-electron chi connectivity index (χ1n) is 7.03. The van der Waals surface area contributed by atoms with Crippen LogP contribution in [0.2, 0.25) is 0 Å². The van der Waals surface area contributed by atoms with Crippen LogP contribution in [0.15, 0.2) is 17.0 Å². The van der Waals surface area contributed by atoms with E-state index < -0.39 is 26.8 Å². The summed E-state index contributed by atoms with van der Waals surface area (Å²) in [4.78, 5) is -0.486. The molecule has 0 saturated heterocycles. The molecule has 1 rings (SSSR count). The number of sulfonamides is 1. The molecule has 0 radical (unpaired) electrons. The molecule has 0 bridgehead atoms. The number of hydrogen-bond acceptors (Lipinski definition) is 5. The quantitative estimate of drug-likeness (QED) is 0.694. The van der Waals surface area contributed by atoms with Gasteiger partial charge in [-0.3, -0.25) is 0 Å². The molecule has 0 aliphatic carbocycles. The van der Waals surface area contributed by atoms with Crippen molar-refractivity contribution in [2.45, 2.75) is 37.1 Å². The van der Waals surface area contributed by atoms with Crippen molar-refractivity contribution in [3.05, 3.63) is 17.9 Å². The molecule has 0 fully saturated rings. The number of unbranched alkanes of at least 4 members (excludes halogenated alkanes) is 1. The second-order valence-corrected chi connectivity index (χ2v) is 6.52. The molecule has 23 heavy (non-hydrogen) atoms. The van der Waals surface area contributed by atoms with E-state index in [1.54, 1.807) is 0 Å². The summed E-state index contributed by atoms with van der Waals surface area (Å²) >= 11 is 0. The number of hydrogen-bond donors (Lipinski definition) is 2. The van der Waals surface area contributed by atoms with Crippen molar-refractivity contribution in [2.75, 3.05) is 20.8 Å². The fourth-order valence-electron chi connectivity index (χ4n) is 2.00. The molecule has 0 heterocycles. The molecule has 0 spiro atoms. The fourth-order valence-corrected chi connectivity index (χ4v) is 3.36. The van der Waals surface area contributed by atoms with Gasteiger partial charge in [0.2, 0.25) is 10.0 Å². The van der Waals surface area contributed by atoms with Gasteiger partial charge < -0.3 is 15.2 Å². The van der Waals surface area contributed by atoms with Crippen molar-refractivity contribution in [3.8, 4) is 11.5 Å². The van der Waals surface area contributed by atoms with E-state index in [0.717, 1.165) is 25.0 Å². The lowest BCUT2D eigenvalue weighted by Gasteiger charge is -2.18. The van der Waals surface area contributed by atoms with E-state index in [-0.39, 0.29) is 30.5 Å². The van der Waals surface area contributed by atoms with Gasteiger partial charge in [-0.1, -0.05) is 19.8 Å². The smallest absolute Gasteiger partial charge is 0.243 e.